The second kappa shape index (κ2) is 4.78. The van der Waals surface area contributed by atoms with Crippen LogP contribution in [0.5, 0.6) is 0 Å². The zero-order chi connectivity index (χ0) is 14.1. The van der Waals surface area contributed by atoms with E-state index in [0.717, 1.165) is 16.3 Å². The maximum absolute atomic E-state index is 11.4. The van der Waals surface area contributed by atoms with Gasteiger partial charge in [-0.25, -0.2) is 19.7 Å². The lowest BCUT2D eigenvalue weighted by molar-refractivity contribution is 0.0692. The highest BCUT2D eigenvalue weighted by molar-refractivity contribution is 7.99. The van der Waals surface area contributed by atoms with Crippen LogP contribution in [0.4, 0.5) is 0 Å². The molecule has 0 aliphatic carbocycles. The van der Waals surface area contributed by atoms with Gasteiger partial charge in [0.25, 0.3) is 0 Å². The Morgan fingerprint density at radius 1 is 1.35 bits per heavy atom. The van der Waals surface area contributed by atoms with Crippen LogP contribution < -0.4 is 5.69 Å². The number of nitrogens with one attached hydrogen (secondary N) is 1. The van der Waals surface area contributed by atoms with Gasteiger partial charge in [0, 0.05) is 6.20 Å². The lowest BCUT2D eigenvalue weighted by Gasteiger charge is -2.03. The summed E-state index contributed by atoms with van der Waals surface area (Å²) in [6.45, 7) is 0. The summed E-state index contributed by atoms with van der Waals surface area (Å²) in [4.78, 5) is 26.5. The third kappa shape index (κ3) is 2.14. The third-order valence-corrected chi connectivity index (χ3v) is 3.40. The summed E-state index contributed by atoms with van der Waals surface area (Å²) in [5.74, 6) is -1.07. The van der Waals surface area contributed by atoms with E-state index in [4.69, 9.17) is 5.11 Å². The fourth-order valence-corrected chi connectivity index (χ4v) is 2.41. The molecule has 2 N–H and O–H groups in total. The van der Waals surface area contributed by atoms with Gasteiger partial charge in [-0.3, -0.25) is 0 Å². The number of aromatic carboxylic acids is 1. The molecule has 20 heavy (non-hydrogen) atoms. The average Bonchev–Trinajstić information content (AvgIpc) is 2.81. The van der Waals surface area contributed by atoms with Crippen LogP contribution in [-0.2, 0) is 0 Å². The van der Waals surface area contributed by atoms with Crippen molar-refractivity contribution in [2.24, 2.45) is 0 Å². The third-order valence-electron chi connectivity index (χ3n) is 2.45. The number of carbonyl (C=O) groups is 1. The molecule has 9 heteroatoms. The standard InChI is InChI=1S/C11H7N5O3S/c17-10(18)6-2-1-5-12-9(6)20-8-4-3-7-13-14-11(19)16(7)15-8/h1-5H,(H,14,19)(H,17,18). The van der Waals surface area contributed by atoms with Crippen molar-refractivity contribution in [3.05, 3.63) is 46.5 Å². The maximum atomic E-state index is 11.4. The highest BCUT2D eigenvalue weighted by Gasteiger charge is 2.13. The van der Waals surface area contributed by atoms with Gasteiger partial charge < -0.3 is 5.11 Å². The quantitative estimate of drug-likeness (QED) is 0.728. The van der Waals surface area contributed by atoms with Crippen LogP contribution in [0.25, 0.3) is 5.65 Å². The molecule has 0 atom stereocenters. The number of pyridine rings is 1. The molecular formula is C11H7N5O3S. The number of aromatic nitrogens is 5. The normalized spacial score (nSPS) is 10.8. The van der Waals surface area contributed by atoms with Crippen LogP contribution >= 0.6 is 11.8 Å². The van der Waals surface area contributed by atoms with Crippen LogP contribution in [0.2, 0.25) is 0 Å². The lowest BCUT2D eigenvalue weighted by Crippen LogP contribution is -2.12. The largest absolute Gasteiger partial charge is 0.478 e. The zero-order valence-electron chi connectivity index (χ0n) is 9.85. The highest BCUT2D eigenvalue weighted by Crippen LogP contribution is 2.26. The monoisotopic (exact) mass is 289 g/mol. The molecule has 0 amide bonds. The number of nitrogens with zero attached hydrogens (tertiary/aromatic N) is 4. The highest BCUT2D eigenvalue weighted by atomic mass is 32.2. The number of rotatable bonds is 3. The molecule has 0 aliphatic rings. The van der Waals surface area contributed by atoms with Gasteiger partial charge >= 0.3 is 11.7 Å². The van der Waals surface area contributed by atoms with Crippen LogP contribution in [-0.4, -0.2) is 35.9 Å². The van der Waals surface area contributed by atoms with Crippen molar-refractivity contribution in [2.75, 3.05) is 0 Å². The lowest BCUT2D eigenvalue weighted by atomic mass is 10.3. The van der Waals surface area contributed by atoms with Gasteiger partial charge in [0.2, 0.25) is 0 Å². The topological polar surface area (TPSA) is 113 Å². The smallest absolute Gasteiger partial charge is 0.364 e. The zero-order valence-corrected chi connectivity index (χ0v) is 10.7. The van der Waals surface area contributed by atoms with Gasteiger partial charge in [0.15, 0.2) is 5.65 Å². The molecule has 100 valence electrons. The summed E-state index contributed by atoms with van der Waals surface area (Å²) in [6.07, 6.45) is 1.50. The fourth-order valence-electron chi connectivity index (χ4n) is 1.57. The summed E-state index contributed by atoms with van der Waals surface area (Å²) < 4.78 is 1.10. The molecule has 3 rings (SSSR count). The molecule has 8 nitrogen and oxygen atoms in total. The Bertz CT molecular complexity index is 856. The first kappa shape index (κ1) is 12.4. The molecule has 3 heterocycles. The van der Waals surface area contributed by atoms with E-state index in [2.05, 4.69) is 20.3 Å². The van der Waals surface area contributed by atoms with E-state index in [9.17, 15) is 9.59 Å². The number of fused-ring (bicyclic) bond motifs is 1. The summed E-state index contributed by atoms with van der Waals surface area (Å²) in [5.41, 5.74) is 0.0136. The minimum atomic E-state index is -1.07. The van der Waals surface area contributed by atoms with Gasteiger partial charge in [-0.2, -0.15) is 14.7 Å². The van der Waals surface area contributed by atoms with Crippen molar-refractivity contribution in [1.82, 2.24) is 24.8 Å². The molecule has 3 aromatic heterocycles. The van der Waals surface area contributed by atoms with Crippen molar-refractivity contribution in [3.63, 3.8) is 0 Å². The van der Waals surface area contributed by atoms with Gasteiger partial charge in [0.05, 0.1) is 5.56 Å². The molecule has 0 radical (unpaired) electrons. The molecule has 0 saturated heterocycles. The summed E-state index contributed by atoms with van der Waals surface area (Å²) in [6, 6.07) is 6.25. The predicted molar refractivity (Wildman–Crippen MR) is 68.9 cm³/mol. The Kier molecular flexibility index (Phi) is 2.95. The van der Waals surface area contributed by atoms with Crippen LogP contribution in [0.1, 0.15) is 10.4 Å². The second-order valence-electron chi connectivity index (χ2n) is 3.73. The molecule has 0 spiro atoms. The Morgan fingerprint density at radius 3 is 3.00 bits per heavy atom. The molecule has 3 aromatic rings. The van der Waals surface area contributed by atoms with Crippen LogP contribution in [0.15, 0.2) is 45.3 Å². The van der Waals surface area contributed by atoms with Crippen LogP contribution in [0.3, 0.4) is 0 Å². The van der Waals surface area contributed by atoms with E-state index >= 15 is 0 Å². The average molecular weight is 289 g/mol. The van der Waals surface area contributed by atoms with E-state index < -0.39 is 11.7 Å². The molecule has 0 unspecified atom stereocenters. The summed E-state index contributed by atoms with van der Waals surface area (Å²) in [7, 11) is 0. The van der Waals surface area contributed by atoms with E-state index in [0.29, 0.717) is 15.7 Å². The number of carboxylic acid groups (broad SMARTS) is 1. The van der Waals surface area contributed by atoms with Crippen LogP contribution in [0, 0.1) is 0 Å². The van der Waals surface area contributed by atoms with Crippen molar-refractivity contribution in [3.8, 4) is 0 Å². The van der Waals surface area contributed by atoms with E-state index in [1.807, 2.05) is 0 Å². The van der Waals surface area contributed by atoms with Crippen molar-refractivity contribution >= 4 is 23.4 Å². The minimum absolute atomic E-state index is 0.0823. The molecule has 0 fully saturated rings. The first-order valence-corrected chi connectivity index (χ1v) is 6.27. The Balaban J connectivity index is 2.03. The van der Waals surface area contributed by atoms with E-state index in [1.165, 1.54) is 12.3 Å². The molecule has 0 aliphatic heterocycles. The van der Waals surface area contributed by atoms with Gasteiger partial charge in [-0.15, -0.1) is 0 Å². The van der Waals surface area contributed by atoms with Crippen molar-refractivity contribution in [1.29, 1.82) is 0 Å². The first-order chi connectivity index (χ1) is 9.65. The minimum Gasteiger partial charge on any atom is -0.478 e. The Hall–Kier alpha value is -2.68. The van der Waals surface area contributed by atoms with E-state index in [1.54, 1.807) is 18.2 Å². The van der Waals surface area contributed by atoms with Gasteiger partial charge in [-0.1, -0.05) is 0 Å². The number of hydrogen-bond acceptors (Lipinski definition) is 6. The molecule has 0 saturated carbocycles. The maximum Gasteiger partial charge on any atom is 0.364 e. The first-order valence-electron chi connectivity index (χ1n) is 5.46. The van der Waals surface area contributed by atoms with E-state index in [-0.39, 0.29) is 5.56 Å². The Labute approximate surface area is 115 Å². The summed E-state index contributed by atoms with van der Waals surface area (Å²) >= 11 is 1.07. The summed E-state index contributed by atoms with van der Waals surface area (Å²) in [5, 5.41) is 19.9. The molecule has 0 bridgehead atoms. The SMILES string of the molecule is O=C(O)c1cccnc1Sc1ccc2n[nH]c(=O)n2n1. The fraction of sp³-hybridized carbons (Fsp3) is 0. The Morgan fingerprint density at radius 2 is 2.20 bits per heavy atom. The second-order valence-corrected chi connectivity index (χ2v) is 4.74. The van der Waals surface area contributed by atoms with Crippen molar-refractivity contribution in [2.45, 2.75) is 10.1 Å². The van der Waals surface area contributed by atoms with Gasteiger partial charge in [-0.05, 0) is 36.0 Å². The van der Waals surface area contributed by atoms with Gasteiger partial charge in [0.1, 0.15) is 10.1 Å². The number of carboxylic acids is 1. The molecular weight excluding hydrogens is 282 g/mol. The number of aromatic amines is 1. The predicted octanol–water partition coefficient (Wildman–Crippen LogP) is 0.662. The number of hydrogen-bond donors (Lipinski definition) is 2. The molecule has 0 aromatic carbocycles. The number of H-pyrrole nitrogens is 1. The van der Waals surface area contributed by atoms with Crippen molar-refractivity contribution < 1.29 is 9.90 Å².